The fourth-order valence-electron chi connectivity index (χ4n) is 1.03. The number of nitrogens with zero attached hydrogens (tertiary/aromatic N) is 1. The van der Waals surface area contributed by atoms with E-state index < -0.39 is 10.1 Å². The smallest absolute Gasteiger partial charge is 0.294 e. The first-order chi connectivity index (χ1) is 7.04. The largest absolute Gasteiger partial charge is 0.384 e. The molecule has 80 valence electrons. The van der Waals surface area contributed by atoms with Crippen LogP contribution in [0.2, 0.25) is 0 Å². The van der Waals surface area contributed by atoms with Gasteiger partial charge in [-0.1, -0.05) is 6.07 Å². The molecule has 0 saturated heterocycles. The first kappa shape index (κ1) is 11.5. The summed E-state index contributed by atoms with van der Waals surface area (Å²) >= 11 is 0. The van der Waals surface area contributed by atoms with E-state index in [9.17, 15) is 8.42 Å². The Bertz CT molecular complexity index is 476. The molecule has 15 heavy (non-hydrogen) atoms. The van der Waals surface area contributed by atoms with Gasteiger partial charge in [0.25, 0.3) is 10.1 Å². The van der Waals surface area contributed by atoms with Gasteiger partial charge in [0.15, 0.2) is 0 Å². The van der Waals surface area contributed by atoms with E-state index >= 15 is 0 Å². The molecular formula is C9H10N2O3S. The molecule has 1 rings (SSSR count). The minimum atomic E-state index is -4.16. The molecule has 5 nitrogen and oxygen atoms in total. The SMILES string of the molecule is N#CCCNc1cccc(S(=O)(=O)O)c1. The zero-order valence-electron chi connectivity index (χ0n) is 7.84. The second-order valence-corrected chi connectivity index (χ2v) is 4.26. The predicted molar refractivity (Wildman–Crippen MR) is 55.0 cm³/mol. The number of nitriles is 1. The van der Waals surface area contributed by atoms with Gasteiger partial charge in [-0.2, -0.15) is 13.7 Å². The summed E-state index contributed by atoms with van der Waals surface area (Å²) in [6.45, 7) is 0.436. The highest BCUT2D eigenvalue weighted by Crippen LogP contribution is 2.14. The average molecular weight is 226 g/mol. The lowest BCUT2D eigenvalue weighted by Crippen LogP contribution is -2.02. The monoisotopic (exact) mass is 226 g/mol. The molecule has 0 fully saturated rings. The normalized spacial score (nSPS) is 10.7. The molecule has 0 atom stereocenters. The average Bonchev–Trinajstić information content (AvgIpc) is 2.17. The standard InChI is InChI=1S/C9H10N2O3S/c10-5-2-6-11-8-3-1-4-9(7-8)15(12,13)14/h1,3-4,7,11H,2,6H2,(H,12,13,14). The maximum atomic E-state index is 10.8. The van der Waals surface area contributed by atoms with Crippen molar-refractivity contribution in [3.05, 3.63) is 24.3 Å². The highest BCUT2D eigenvalue weighted by Gasteiger charge is 2.08. The molecule has 1 aromatic rings. The molecule has 0 aliphatic carbocycles. The summed E-state index contributed by atoms with van der Waals surface area (Å²) in [6, 6.07) is 7.73. The third-order valence-corrected chi connectivity index (χ3v) is 2.55. The topological polar surface area (TPSA) is 90.2 Å². The van der Waals surface area contributed by atoms with Crippen molar-refractivity contribution < 1.29 is 13.0 Å². The van der Waals surface area contributed by atoms with Crippen LogP contribution in [0.4, 0.5) is 5.69 Å². The summed E-state index contributed by atoms with van der Waals surface area (Å²) in [4.78, 5) is -0.163. The van der Waals surface area contributed by atoms with Crippen molar-refractivity contribution in [2.45, 2.75) is 11.3 Å². The van der Waals surface area contributed by atoms with Gasteiger partial charge >= 0.3 is 0 Å². The van der Waals surface area contributed by atoms with Gasteiger partial charge in [0.2, 0.25) is 0 Å². The van der Waals surface area contributed by atoms with Crippen molar-refractivity contribution in [1.29, 1.82) is 5.26 Å². The Morgan fingerprint density at radius 3 is 2.80 bits per heavy atom. The van der Waals surface area contributed by atoms with Crippen LogP contribution in [0, 0.1) is 11.3 Å². The molecule has 0 aromatic heterocycles. The number of hydrogen-bond acceptors (Lipinski definition) is 4. The molecule has 1 aromatic carbocycles. The van der Waals surface area contributed by atoms with Crippen LogP contribution in [0.3, 0.4) is 0 Å². The van der Waals surface area contributed by atoms with Crippen LogP contribution in [-0.4, -0.2) is 19.5 Å². The van der Waals surface area contributed by atoms with Gasteiger partial charge in [0.05, 0.1) is 17.4 Å². The van der Waals surface area contributed by atoms with Crippen LogP contribution in [0.15, 0.2) is 29.2 Å². The minimum absolute atomic E-state index is 0.163. The summed E-state index contributed by atoms with van der Waals surface area (Å²) < 4.78 is 30.4. The van der Waals surface area contributed by atoms with Crippen LogP contribution in [0.1, 0.15) is 6.42 Å². The van der Waals surface area contributed by atoms with E-state index in [1.54, 1.807) is 6.07 Å². The molecule has 0 aliphatic rings. The van der Waals surface area contributed by atoms with E-state index in [4.69, 9.17) is 9.81 Å². The van der Waals surface area contributed by atoms with Crippen molar-refractivity contribution in [2.24, 2.45) is 0 Å². The van der Waals surface area contributed by atoms with Crippen molar-refractivity contribution in [3.8, 4) is 6.07 Å². The number of nitrogens with one attached hydrogen (secondary N) is 1. The van der Waals surface area contributed by atoms with Crippen LogP contribution >= 0.6 is 0 Å². The third kappa shape index (κ3) is 3.58. The Morgan fingerprint density at radius 1 is 1.47 bits per heavy atom. The number of rotatable bonds is 4. The van der Waals surface area contributed by atoms with Crippen LogP contribution in [-0.2, 0) is 10.1 Å². The molecule has 0 unspecified atom stereocenters. The first-order valence-electron chi connectivity index (χ1n) is 4.22. The van der Waals surface area contributed by atoms with Gasteiger partial charge in [-0.05, 0) is 18.2 Å². The fraction of sp³-hybridized carbons (Fsp3) is 0.222. The van der Waals surface area contributed by atoms with E-state index in [1.165, 1.54) is 18.2 Å². The minimum Gasteiger partial charge on any atom is -0.384 e. The van der Waals surface area contributed by atoms with Crippen LogP contribution < -0.4 is 5.32 Å². The maximum Gasteiger partial charge on any atom is 0.294 e. The van der Waals surface area contributed by atoms with Gasteiger partial charge in [0.1, 0.15) is 0 Å². The lowest BCUT2D eigenvalue weighted by molar-refractivity contribution is 0.483. The zero-order valence-corrected chi connectivity index (χ0v) is 8.66. The van der Waals surface area contributed by atoms with Crippen LogP contribution in [0.5, 0.6) is 0 Å². The lowest BCUT2D eigenvalue weighted by atomic mass is 10.3. The van der Waals surface area contributed by atoms with Crippen LogP contribution in [0.25, 0.3) is 0 Å². The Kier molecular flexibility index (Phi) is 3.66. The highest BCUT2D eigenvalue weighted by atomic mass is 32.2. The molecule has 0 amide bonds. The van der Waals surface area contributed by atoms with Crippen molar-refractivity contribution in [2.75, 3.05) is 11.9 Å². The molecule has 0 bridgehead atoms. The molecular weight excluding hydrogens is 216 g/mol. The number of anilines is 1. The second kappa shape index (κ2) is 4.77. The van der Waals surface area contributed by atoms with Gasteiger partial charge in [-0.3, -0.25) is 4.55 Å². The number of hydrogen-bond donors (Lipinski definition) is 2. The lowest BCUT2D eigenvalue weighted by Gasteiger charge is -2.04. The summed E-state index contributed by atoms with van der Waals surface area (Å²) in [5.41, 5.74) is 0.556. The van der Waals surface area contributed by atoms with E-state index in [0.29, 0.717) is 18.7 Å². The third-order valence-electron chi connectivity index (χ3n) is 1.70. The molecule has 0 spiro atoms. The summed E-state index contributed by atoms with van der Waals surface area (Å²) in [6.07, 6.45) is 0.329. The van der Waals surface area contributed by atoms with Gasteiger partial charge in [-0.15, -0.1) is 0 Å². The second-order valence-electron chi connectivity index (χ2n) is 2.84. The molecule has 0 heterocycles. The van der Waals surface area contributed by atoms with Crippen molar-refractivity contribution >= 4 is 15.8 Å². The van der Waals surface area contributed by atoms with Crippen molar-refractivity contribution in [3.63, 3.8) is 0 Å². The van der Waals surface area contributed by atoms with E-state index in [1.807, 2.05) is 6.07 Å². The predicted octanol–water partition coefficient (Wildman–Crippen LogP) is 1.26. The molecule has 2 N–H and O–H groups in total. The van der Waals surface area contributed by atoms with Crippen molar-refractivity contribution in [1.82, 2.24) is 0 Å². The van der Waals surface area contributed by atoms with E-state index in [0.717, 1.165) is 0 Å². The Morgan fingerprint density at radius 2 is 2.20 bits per heavy atom. The van der Waals surface area contributed by atoms with Gasteiger partial charge in [0, 0.05) is 12.2 Å². The summed E-state index contributed by atoms with van der Waals surface area (Å²) in [7, 11) is -4.16. The molecule has 6 heteroatoms. The highest BCUT2D eigenvalue weighted by molar-refractivity contribution is 7.85. The quantitative estimate of drug-likeness (QED) is 0.595. The number of benzene rings is 1. The first-order valence-corrected chi connectivity index (χ1v) is 5.66. The fourth-order valence-corrected chi connectivity index (χ4v) is 1.56. The zero-order chi connectivity index (χ0) is 11.3. The summed E-state index contributed by atoms with van der Waals surface area (Å²) in [5.74, 6) is 0. The molecule has 0 saturated carbocycles. The van der Waals surface area contributed by atoms with Gasteiger partial charge < -0.3 is 5.32 Å². The molecule has 0 radical (unpaired) electrons. The Labute approximate surface area is 88.1 Å². The Balaban J connectivity index is 2.81. The van der Waals surface area contributed by atoms with E-state index in [-0.39, 0.29) is 4.90 Å². The van der Waals surface area contributed by atoms with E-state index in [2.05, 4.69) is 5.32 Å². The van der Waals surface area contributed by atoms with Gasteiger partial charge in [-0.25, -0.2) is 0 Å². The maximum absolute atomic E-state index is 10.8. The molecule has 0 aliphatic heterocycles. The Hall–Kier alpha value is -1.58. The summed E-state index contributed by atoms with van der Waals surface area (Å²) in [5, 5.41) is 11.2.